The van der Waals surface area contributed by atoms with Gasteiger partial charge in [0.05, 0.1) is 5.01 Å². The van der Waals surface area contributed by atoms with E-state index >= 15 is 0 Å². The third kappa shape index (κ3) is 5.06. The molecule has 1 aromatic heterocycles. The molecule has 3 rings (SSSR count). The predicted octanol–water partition coefficient (Wildman–Crippen LogP) is 4.92. The number of benzene rings is 1. The summed E-state index contributed by atoms with van der Waals surface area (Å²) in [7, 11) is 0. The molecule has 0 saturated carbocycles. The molecular weight excluding hydrogens is 358 g/mol. The highest BCUT2D eigenvalue weighted by Crippen LogP contribution is 2.30. The van der Waals surface area contributed by atoms with Crippen molar-refractivity contribution in [2.45, 2.75) is 38.5 Å². The lowest BCUT2D eigenvalue weighted by Crippen LogP contribution is -2.03. The van der Waals surface area contributed by atoms with Gasteiger partial charge in [-0.2, -0.15) is 0 Å². The van der Waals surface area contributed by atoms with Crippen molar-refractivity contribution in [2.75, 3.05) is 6.61 Å². The second-order valence-corrected chi connectivity index (χ2v) is 7.49. The van der Waals surface area contributed by atoms with Crippen molar-refractivity contribution in [1.29, 1.82) is 0 Å². The van der Waals surface area contributed by atoms with Crippen LogP contribution in [0.3, 0.4) is 0 Å². The second-order valence-electron chi connectivity index (χ2n) is 6.10. The number of thiazole rings is 1. The van der Waals surface area contributed by atoms with Crippen LogP contribution >= 0.6 is 22.9 Å². The summed E-state index contributed by atoms with van der Waals surface area (Å²) in [6.07, 6.45) is 6.64. The van der Waals surface area contributed by atoms with Crippen LogP contribution in [-0.4, -0.2) is 22.7 Å². The van der Waals surface area contributed by atoms with Crippen molar-refractivity contribution in [2.24, 2.45) is 0 Å². The molecule has 1 heterocycles. The van der Waals surface area contributed by atoms with Crippen molar-refractivity contribution in [3.8, 4) is 5.75 Å². The number of hydrogen-bond acceptors (Lipinski definition) is 4. The van der Waals surface area contributed by atoms with Crippen molar-refractivity contribution in [3.05, 3.63) is 56.5 Å². The number of aromatic nitrogens is 1. The summed E-state index contributed by atoms with van der Waals surface area (Å²) in [4.78, 5) is 15.0. The van der Waals surface area contributed by atoms with Crippen LogP contribution in [0.25, 0.3) is 0 Å². The standard InChI is InChI=1S/C19H20ClNO3S/c20-17-11-16(6-4-13(17)5-7-19(22)23)24-12-15-3-1-2-14(15)10-18-21-8-9-25-18/h4,6,8-9,11H,1-3,5,7,10,12H2,(H,22,23). The molecule has 1 aliphatic carbocycles. The van der Waals surface area contributed by atoms with Gasteiger partial charge in [-0.25, -0.2) is 4.98 Å². The summed E-state index contributed by atoms with van der Waals surface area (Å²) in [6, 6.07) is 5.48. The molecule has 25 heavy (non-hydrogen) atoms. The summed E-state index contributed by atoms with van der Waals surface area (Å²) in [5.74, 6) is -0.102. The average Bonchev–Trinajstić information content (AvgIpc) is 3.24. The number of ether oxygens (including phenoxy) is 1. The van der Waals surface area contributed by atoms with E-state index in [0.29, 0.717) is 18.1 Å². The molecule has 0 unspecified atom stereocenters. The third-order valence-electron chi connectivity index (χ3n) is 4.35. The molecule has 1 aliphatic rings. The Labute approximate surface area is 156 Å². The van der Waals surface area contributed by atoms with Crippen LogP contribution in [0.2, 0.25) is 5.02 Å². The number of carboxylic acids is 1. The first-order valence-corrected chi connectivity index (χ1v) is 9.59. The number of aliphatic carboxylic acids is 1. The third-order valence-corrected chi connectivity index (χ3v) is 5.48. The fraction of sp³-hybridized carbons (Fsp3) is 0.368. The molecule has 4 nitrogen and oxygen atoms in total. The van der Waals surface area contributed by atoms with E-state index in [2.05, 4.69) is 4.98 Å². The van der Waals surface area contributed by atoms with E-state index < -0.39 is 5.97 Å². The summed E-state index contributed by atoms with van der Waals surface area (Å²) in [5.41, 5.74) is 3.64. The Kier molecular flexibility index (Phi) is 6.10. The first-order chi connectivity index (χ1) is 12.1. The van der Waals surface area contributed by atoms with Crippen molar-refractivity contribution >= 4 is 28.9 Å². The zero-order chi connectivity index (χ0) is 17.6. The van der Waals surface area contributed by atoms with E-state index in [4.69, 9.17) is 21.4 Å². The lowest BCUT2D eigenvalue weighted by atomic mass is 10.1. The molecule has 0 amide bonds. The molecule has 2 aromatic rings. The van der Waals surface area contributed by atoms with E-state index in [1.54, 1.807) is 17.4 Å². The first-order valence-electron chi connectivity index (χ1n) is 8.33. The van der Waals surface area contributed by atoms with E-state index in [1.165, 1.54) is 17.6 Å². The van der Waals surface area contributed by atoms with Crippen LogP contribution in [0, 0.1) is 0 Å². The van der Waals surface area contributed by atoms with Crippen molar-refractivity contribution < 1.29 is 14.6 Å². The molecule has 0 aliphatic heterocycles. The van der Waals surface area contributed by atoms with Gasteiger partial charge in [0.1, 0.15) is 12.4 Å². The highest BCUT2D eigenvalue weighted by atomic mass is 35.5. The minimum atomic E-state index is -0.822. The topological polar surface area (TPSA) is 59.4 Å². The smallest absolute Gasteiger partial charge is 0.303 e. The molecule has 132 valence electrons. The van der Waals surface area contributed by atoms with Crippen LogP contribution in [-0.2, 0) is 17.6 Å². The Morgan fingerprint density at radius 2 is 2.16 bits per heavy atom. The number of carbonyl (C=O) groups is 1. The van der Waals surface area contributed by atoms with Gasteiger partial charge < -0.3 is 9.84 Å². The Hall–Kier alpha value is -1.85. The molecule has 0 spiro atoms. The van der Waals surface area contributed by atoms with Gasteiger partial charge in [0.2, 0.25) is 0 Å². The van der Waals surface area contributed by atoms with Gasteiger partial charge in [-0.3, -0.25) is 4.79 Å². The number of hydrogen-bond donors (Lipinski definition) is 1. The minimum absolute atomic E-state index is 0.0763. The molecule has 0 fully saturated rings. The largest absolute Gasteiger partial charge is 0.489 e. The molecule has 0 saturated heterocycles. The SMILES string of the molecule is O=C(O)CCc1ccc(OCC2=C(Cc3nccs3)CCC2)cc1Cl. The van der Waals surface area contributed by atoms with Gasteiger partial charge in [0.15, 0.2) is 0 Å². The van der Waals surface area contributed by atoms with Gasteiger partial charge in [-0.15, -0.1) is 11.3 Å². The van der Waals surface area contributed by atoms with Crippen molar-refractivity contribution in [1.82, 2.24) is 4.98 Å². The normalized spacial score (nSPS) is 14.1. The quantitative estimate of drug-likeness (QED) is 0.663. The molecule has 1 N–H and O–H groups in total. The first kappa shape index (κ1) is 18.0. The Morgan fingerprint density at radius 1 is 1.32 bits per heavy atom. The zero-order valence-electron chi connectivity index (χ0n) is 13.8. The Morgan fingerprint density at radius 3 is 2.88 bits per heavy atom. The minimum Gasteiger partial charge on any atom is -0.489 e. The number of nitrogens with zero attached hydrogens (tertiary/aromatic N) is 1. The molecule has 0 bridgehead atoms. The summed E-state index contributed by atoms with van der Waals surface area (Å²) >= 11 is 7.93. The molecule has 6 heteroatoms. The van der Waals surface area contributed by atoms with E-state index in [-0.39, 0.29) is 6.42 Å². The highest BCUT2D eigenvalue weighted by molar-refractivity contribution is 7.09. The number of halogens is 1. The Balaban J connectivity index is 1.60. The molecule has 0 atom stereocenters. The lowest BCUT2D eigenvalue weighted by molar-refractivity contribution is -0.136. The van der Waals surface area contributed by atoms with E-state index in [9.17, 15) is 4.79 Å². The number of carboxylic acid groups (broad SMARTS) is 1. The van der Waals surface area contributed by atoms with Crippen LogP contribution in [0.5, 0.6) is 5.75 Å². The average molecular weight is 378 g/mol. The molecule has 1 aromatic carbocycles. The Bertz CT molecular complexity index is 771. The van der Waals surface area contributed by atoms with E-state index in [1.807, 2.05) is 23.7 Å². The van der Waals surface area contributed by atoms with Crippen molar-refractivity contribution in [3.63, 3.8) is 0 Å². The predicted molar refractivity (Wildman–Crippen MR) is 99.6 cm³/mol. The number of allylic oxidation sites excluding steroid dienone is 1. The van der Waals surface area contributed by atoms with Gasteiger partial charge in [-0.1, -0.05) is 23.2 Å². The maximum Gasteiger partial charge on any atom is 0.303 e. The summed E-state index contributed by atoms with van der Waals surface area (Å²) in [6.45, 7) is 0.575. The van der Waals surface area contributed by atoms with E-state index in [0.717, 1.165) is 35.6 Å². The van der Waals surface area contributed by atoms with Gasteiger partial charge in [0, 0.05) is 29.4 Å². The van der Waals surface area contributed by atoms with Crippen LogP contribution < -0.4 is 4.74 Å². The maximum atomic E-state index is 10.7. The van der Waals surface area contributed by atoms with Gasteiger partial charge >= 0.3 is 5.97 Å². The molecule has 0 radical (unpaired) electrons. The number of aryl methyl sites for hydroxylation is 1. The fourth-order valence-electron chi connectivity index (χ4n) is 3.01. The van der Waals surface area contributed by atoms with Gasteiger partial charge in [-0.05, 0) is 49.0 Å². The molecular formula is C19H20ClNO3S. The highest BCUT2D eigenvalue weighted by Gasteiger charge is 2.16. The lowest BCUT2D eigenvalue weighted by Gasteiger charge is -2.11. The maximum absolute atomic E-state index is 10.7. The van der Waals surface area contributed by atoms with Crippen LogP contribution in [0.4, 0.5) is 0 Å². The zero-order valence-corrected chi connectivity index (χ0v) is 15.4. The summed E-state index contributed by atoms with van der Waals surface area (Å²) < 4.78 is 5.93. The van der Waals surface area contributed by atoms with Crippen LogP contribution in [0.1, 0.15) is 36.3 Å². The fourth-order valence-corrected chi connectivity index (χ4v) is 3.93. The number of rotatable bonds is 8. The van der Waals surface area contributed by atoms with Crippen LogP contribution in [0.15, 0.2) is 40.9 Å². The summed E-state index contributed by atoms with van der Waals surface area (Å²) in [5, 5.41) is 12.5. The second kappa shape index (κ2) is 8.50. The monoisotopic (exact) mass is 377 g/mol. The van der Waals surface area contributed by atoms with Gasteiger partial charge in [0.25, 0.3) is 0 Å².